The minimum absolute atomic E-state index is 0.0438. The van der Waals surface area contributed by atoms with Gasteiger partial charge in [-0.1, -0.05) is 71.0 Å². The first-order chi connectivity index (χ1) is 13.1. The Morgan fingerprint density at radius 2 is 1.11 bits per heavy atom. The van der Waals surface area contributed by atoms with Crippen molar-refractivity contribution in [1.82, 2.24) is 9.80 Å². The molecule has 0 unspecified atom stereocenters. The van der Waals surface area contributed by atoms with Crippen LogP contribution in [0.4, 0.5) is 0 Å². The molecule has 0 fully saturated rings. The lowest BCUT2D eigenvalue weighted by molar-refractivity contribution is 0.0901. The average molecular weight is 413 g/mol. The topological polar surface area (TPSA) is 6.48 Å². The predicted octanol–water partition coefficient (Wildman–Crippen LogP) is 5.17. The Morgan fingerprint density at radius 1 is 0.704 bits per heavy atom. The number of unbranched alkanes of at least 4 members (excludes halogenated alkanes) is 4. The fourth-order valence-electron chi connectivity index (χ4n) is 3.72. The lowest BCUT2D eigenvalue weighted by Gasteiger charge is -2.40. The molecule has 0 rings (SSSR count). The van der Waals surface area contributed by atoms with E-state index in [2.05, 4.69) is 57.0 Å². The van der Waals surface area contributed by atoms with Gasteiger partial charge in [-0.05, 0) is 65.7 Å². The van der Waals surface area contributed by atoms with E-state index in [4.69, 9.17) is 0 Å². The number of allylic oxidation sites excluding steroid dienone is 1. The van der Waals surface area contributed by atoms with Crippen LogP contribution in [0, 0.1) is 0 Å². The number of hydrogen-bond acceptors (Lipinski definition) is 2. The standard InChI is InChI=1S/C23H52N2Si2/c1-7-11-15-24(16-12-8-2)23(27-20-19-26-21-22(5)6)25(17-13-9-3)18-14-10-4/h21,23H,7-20,26-27H2,1-6H3. The Labute approximate surface area is 177 Å². The molecular weight excluding hydrogens is 360 g/mol. The maximum absolute atomic E-state index is 2.92. The second-order valence-electron chi connectivity index (χ2n) is 8.53. The summed E-state index contributed by atoms with van der Waals surface area (Å²) in [5.41, 5.74) is 4.11. The molecule has 2 nitrogen and oxygen atoms in total. The van der Waals surface area contributed by atoms with Crippen molar-refractivity contribution in [1.29, 1.82) is 0 Å². The molecule has 0 aromatic rings. The molecule has 0 saturated heterocycles. The van der Waals surface area contributed by atoms with E-state index in [0.717, 1.165) is 5.79 Å². The molecule has 27 heavy (non-hydrogen) atoms. The van der Waals surface area contributed by atoms with Crippen molar-refractivity contribution in [2.24, 2.45) is 0 Å². The summed E-state index contributed by atoms with van der Waals surface area (Å²) in [5.74, 6) is 0.821. The normalized spacial score (nSPS) is 12.6. The van der Waals surface area contributed by atoms with Gasteiger partial charge in [0.15, 0.2) is 0 Å². The molecule has 0 bridgehead atoms. The van der Waals surface area contributed by atoms with Crippen LogP contribution in [0.1, 0.15) is 92.9 Å². The Hall–Kier alpha value is 0.0938. The van der Waals surface area contributed by atoms with Crippen LogP contribution in [-0.4, -0.2) is 60.8 Å². The van der Waals surface area contributed by atoms with Gasteiger partial charge >= 0.3 is 0 Å². The summed E-state index contributed by atoms with van der Waals surface area (Å²) in [4.78, 5) is 5.85. The summed E-state index contributed by atoms with van der Waals surface area (Å²) in [6.07, 6.45) is 10.8. The zero-order valence-electron chi connectivity index (χ0n) is 19.9. The van der Waals surface area contributed by atoms with Gasteiger partial charge < -0.3 is 0 Å². The number of nitrogens with zero attached hydrogens (tertiary/aromatic N) is 2. The van der Waals surface area contributed by atoms with E-state index in [0.29, 0.717) is 0 Å². The fourth-order valence-corrected chi connectivity index (χ4v) is 8.64. The summed E-state index contributed by atoms with van der Waals surface area (Å²) in [6, 6.07) is 3.10. The van der Waals surface area contributed by atoms with E-state index in [9.17, 15) is 0 Å². The van der Waals surface area contributed by atoms with Crippen molar-refractivity contribution >= 4 is 19.0 Å². The van der Waals surface area contributed by atoms with Crippen LogP contribution in [-0.2, 0) is 0 Å². The molecule has 0 saturated carbocycles. The predicted molar refractivity (Wildman–Crippen MR) is 133 cm³/mol. The monoisotopic (exact) mass is 412 g/mol. The Balaban J connectivity index is 5.07. The molecule has 0 amide bonds. The van der Waals surface area contributed by atoms with E-state index in [1.54, 1.807) is 17.7 Å². The zero-order chi connectivity index (χ0) is 20.3. The molecule has 4 heteroatoms. The van der Waals surface area contributed by atoms with Gasteiger partial charge in [0.25, 0.3) is 0 Å². The smallest absolute Gasteiger partial charge is 0.0589 e. The van der Waals surface area contributed by atoms with E-state index >= 15 is 0 Å². The van der Waals surface area contributed by atoms with Crippen molar-refractivity contribution in [2.75, 3.05) is 26.2 Å². The summed E-state index contributed by atoms with van der Waals surface area (Å²) >= 11 is 0. The van der Waals surface area contributed by atoms with Crippen LogP contribution in [0.2, 0.25) is 12.1 Å². The van der Waals surface area contributed by atoms with Gasteiger partial charge in [0.05, 0.1) is 9.52 Å². The highest BCUT2D eigenvalue weighted by Crippen LogP contribution is 2.14. The van der Waals surface area contributed by atoms with Crippen LogP contribution >= 0.6 is 0 Å². The third-order valence-electron chi connectivity index (χ3n) is 5.51. The quantitative estimate of drug-likeness (QED) is 0.164. The van der Waals surface area contributed by atoms with Crippen molar-refractivity contribution in [2.45, 2.75) is 111 Å². The minimum Gasteiger partial charge on any atom is -0.291 e. The third kappa shape index (κ3) is 14.7. The molecular formula is C23H52N2Si2. The lowest BCUT2D eigenvalue weighted by Crippen LogP contribution is -2.53. The Bertz CT molecular complexity index is 307. The second-order valence-corrected chi connectivity index (χ2v) is 12.2. The molecule has 0 aliphatic rings. The summed E-state index contributed by atoms with van der Waals surface area (Å²) < 4.78 is 0. The minimum atomic E-state index is -0.0690. The van der Waals surface area contributed by atoms with Crippen LogP contribution in [0.3, 0.4) is 0 Å². The number of hydrogen-bond donors (Lipinski definition) is 0. The summed E-state index contributed by atoms with van der Waals surface area (Å²) in [5, 5.41) is 0. The van der Waals surface area contributed by atoms with Gasteiger partial charge in [-0.15, -0.1) is 5.70 Å². The zero-order valence-corrected chi connectivity index (χ0v) is 22.7. The van der Waals surface area contributed by atoms with Crippen LogP contribution in [0.25, 0.3) is 0 Å². The molecule has 0 heterocycles. The van der Waals surface area contributed by atoms with Crippen LogP contribution in [0.15, 0.2) is 11.3 Å². The van der Waals surface area contributed by atoms with Crippen molar-refractivity contribution in [3.63, 3.8) is 0 Å². The molecule has 0 aliphatic heterocycles. The van der Waals surface area contributed by atoms with E-state index in [1.807, 2.05) is 0 Å². The highest BCUT2D eigenvalue weighted by molar-refractivity contribution is 6.46. The molecule has 0 radical (unpaired) electrons. The van der Waals surface area contributed by atoms with Gasteiger partial charge in [0.1, 0.15) is 0 Å². The highest BCUT2D eigenvalue weighted by atomic mass is 28.2. The Kier molecular flexibility index (Phi) is 19.5. The van der Waals surface area contributed by atoms with Gasteiger partial charge in [-0.3, -0.25) is 9.80 Å². The van der Waals surface area contributed by atoms with Crippen molar-refractivity contribution < 1.29 is 0 Å². The first-order valence-corrected chi connectivity index (χ1v) is 15.8. The fraction of sp³-hybridized carbons (Fsp3) is 0.913. The van der Waals surface area contributed by atoms with Gasteiger partial charge in [0.2, 0.25) is 0 Å². The van der Waals surface area contributed by atoms with Gasteiger partial charge in [-0.2, -0.15) is 0 Å². The number of rotatable bonds is 19. The van der Waals surface area contributed by atoms with Crippen LogP contribution < -0.4 is 0 Å². The first-order valence-electron chi connectivity index (χ1n) is 12.2. The van der Waals surface area contributed by atoms with E-state index < -0.39 is 0 Å². The molecule has 0 aromatic carbocycles. The third-order valence-corrected chi connectivity index (χ3v) is 11.0. The average Bonchev–Trinajstić information content (AvgIpc) is 2.66. The summed E-state index contributed by atoms with van der Waals surface area (Å²) in [6.45, 7) is 19.2. The van der Waals surface area contributed by atoms with Crippen molar-refractivity contribution in [3.05, 3.63) is 11.3 Å². The van der Waals surface area contributed by atoms with Gasteiger partial charge in [0, 0.05) is 15.3 Å². The lowest BCUT2D eigenvalue weighted by atomic mass is 10.2. The van der Waals surface area contributed by atoms with E-state index in [1.165, 1.54) is 77.5 Å². The molecule has 162 valence electrons. The van der Waals surface area contributed by atoms with Crippen LogP contribution in [0.5, 0.6) is 0 Å². The second kappa shape index (κ2) is 19.4. The molecule has 0 aliphatic carbocycles. The first kappa shape index (κ1) is 27.1. The van der Waals surface area contributed by atoms with Gasteiger partial charge in [-0.25, -0.2) is 0 Å². The molecule has 0 atom stereocenters. The molecule has 0 N–H and O–H groups in total. The maximum atomic E-state index is 2.92. The highest BCUT2D eigenvalue weighted by Gasteiger charge is 2.24. The summed E-state index contributed by atoms with van der Waals surface area (Å²) in [7, 11) is -0.0252. The van der Waals surface area contributed by atoms with E-state index in [-0.39, 0.29) is 19.0 Å². The van der Waals surface area contributed by atoms with Crippen molar-refractivity contribution in [3.8, 4) is 0 Å². The SMILES string of the molecule is CCCCN(CCCC)C([SiH2]CC[SiH2]C=C(C)C)N(CCCC)CCCC. The molecule has 0 spiro atoms. The molecule has 0 aromatic heterocycles. The Morgan fingerprint density at radius 3 is 1.44 bits per heavy atom. The maximum Gasteiger partial charge on any atom is 0.0589 e. The largest absolute Gasteiger partial charge is 0.291 e.